The Kier molecular flexibility index (Phi) is 9.15. The van der Waals surface area contributed by atoms with Crippen molar-refractivity contribution in [3.63, 3.8) is 0 Å². The second kappa shape index (κ2) is 12.1. The molecule has 3 rings (SSSR count). The van der Waals surface area contributed by atoms with Crippen LogP contribution in [0.5, 0.6) is 5.75 Å². The molecule has 1 heterocycles. The number of fused-ring (bicyclic) bond motifs is 1. The van der Waals surface area contributed by atoms with E-state index in [9.17, 15) is 14.4 Å². The van der Waals surface area contributed by atoms with E-state index in [1.54, 1.807) is 18.2 Å². The molecule has 1 aliphatic rings. The number of carbonyl (C=O) groups excluding carboxylic acids is 3. The first-order chi connectivity index (χ1) is 16.7. The molecule has 0 aliphatic carbocycles. The van der Waals surface area contributed by atoms with E-state index >= 15 is 0 Å². The summed E-state index contributed by atoms with van der Waals surface area (Å²) < 4.78 is 6.01. The topological polar surface area (TPSA) is 96.5 Å². The van der Waals surface area contributed by atoms with Crippen LogP contribution in [0.25, 0.3) is 0 Å². The van der Waals surface area contributed by atoms with Crippen molar-refractivity contribution in [3.8, 4) is 5.75 Å². The van der Waals surface area contributed by atoms with Crippen LogP contribution in [0.2, 0.25) is 5.02 Å². The van der Waals surface area contributed by atoms with E-state index in [0.29, 0.717) is 23.6 Å². The Bertz CT molecular complexity index is 1040. The van der Waals surface area contributed by atoms with Crippen LogP contribution in [0.15, 0.2) is 48.5 Å². The first kappa shape index (κ1) is 26.5. The first-order valence-corrected chi connectivity index (χ1v) is 12.4. The van der Waals surface area contributed by atoms with E-state index < -0.39 is 23.9 Å². The minimum Gasteiger partial charge on any atom is -0.491 e. The summed E-state index contributed by atoms with van der Waals surface area (Å²) in [5.74, 6) is -0.953. The van der Waals surface area contributed by atoms with E-state index in [1.165, 1.54) is 0 Å². The van der Waals surface area contributed by atoms with Gasteiger partial charge < -0.3 is 20.7 Å². The minimum atomic E-state index is -0.830. The van der Waals surface area contributed by atoms with Gasteiger partial charge in [0.25, 0.3) is 5.91 Å². The quantitative estimate of drug-likeness (QED) is 0.583. The van der Waals surface area contributed by atoms with Gasteiger partial charge in [-0.05, 0) is 35.6 Å². The molecular formula is C27H34ClN3O4. The summed E-state index contributed by atoms with van der Waals surface area (Å²) in [4.78, 5) is 40.1. The number of hydrogen-bond donors (Lipinski definition) is 3. The maximum Gasteiger partial charge on any atom is 0.255 e. The van der Waals surface area contributed by atoms with Crippen molar-refractivity contribution in [1.82, 2.24) is 16.0 Å². The van der Waals surface area contributed by atoms with Crippen LogP contribution < -0.4 is 20.7 Å². The average Bonchev–Trinajstić information content (AvgIpc) is 2.84. The van der Waals surface area contributed by atoms with Crippen molar-refractivity contribution in [2.24, 2.45) is 11.8 Å². The van der Waals surface area contributed by atoms with Gasteiger partial charge in [0.15, 0.2) is 0 Å². The molecule has 1 aliphatic heterocycles. The van der Waals surface area contributed by atoms with Gasteiger partial charge in [0.2, 0.25) is 11.8 Å². The molecule has 0 spiro atoms. The van der Waals surface area contributed by atoms with Gasteiger partial charge in [-0.1, -0.05) is 76.0 Å². The van der Waals surface area contributed by atoms with Crippen LogP contribution in [0.3, 0.4) is 0 Å². The molecule has 188 valence electrons. The predicted octanol–water partition coefficient (Wildman–Crippen LogP) is 3.75. The highest BCUT2D eigenvalue weighted by Gasteiger charge is 2.32. The van der Waals surface area contributed by atoms with Gasteiger partial charge in [0, 0.05) is 11.4 Å². The summed E-state index contributed by atoms with van der Waals surface area (Å²) in [6.45, 7) is 7.93. The summed E-state index contributed by atoms with van der Waals surface area (Å²) in [7, 11) is 0. The SMILES string of the molecule is CC[C@H](C)[C@@H]1NC(=O)c2ccc(Cl)cc2OC[C@@H](C(C)C)NC(=O)[C@H](Cc2ccccc2)NC1=O. The Labute approximate surface area is 212 Å². The Morgan fingerprint density at radius 2 is 1.69 bits per heavy atom. The second-order valence-corrected chi connectivity index (χ2v) is 9.83. The fraction of sp³-hybridized carbons (Fsp3) is 0.444. The van der Waals surface area contributed by atoms with Crippen molar-refractivity contribution < 1.29 is 19.1 Å². The number of ether oxygens (including phenoxy) is 1. The van der Waals surface area contributed by atoms with Crippen molar-refractivity contribution in [3.05, 3.63) is 64.7 Å². The molecule has 0 unspecified atom stereocenters. The number of carbonyl (C=O) groups is 3. The van der Waals surface area contributed by atoms with Gasteiger partial charge in [-0.2, -0.15) is 0 Å². The van der Waals surface area contributed by atoms with E-state index in [4.69, 9.17) is 16.3 Å². The fourth-order valence-corrected chi connectivity index (χ4v) is 4.07. The number of rotatable bonds is 5. The molecule has 0 saturated carbocycles. The second-order valence-electron chi connectivity index (χ2n) is 9.40. The van der Waals surface area contributed by atoms with E-state index in [1.807, 2.05) is 58.0 Å². The number of hydrogen-bond acceptors (Lipinski definition) is 4. The van der Waals surface area contributed by atoms with Gasteiger partial charge in [0.1, 0.15) is 24.4 Å². The molecule has 3 N–H and O–H groups in total. The van der Waals surface area contributed by atoms with Gasteiger partial charge in [-0.3, -0.25) is 14.4 Å². The average molecular weight is 500 g/mol. The minimum absolute atomic E-state index is 0.0430. The van der Waals surface area contributed by atoms with Crippen LogP contribution in [0, 0.1) is 11.8 Å². The Hall–Kier alpha value is -3.06. The van der Waals surface area contributed by atoms with E-state index in [0.717, 1.165) is 5.56 Å². The molecule has 3 amide bonds. The Morgan fingerprint density at radius 3 is 2.34 bits per heavy atom. The van der Waals surface area contributed by atoms with Gasteiger partial charge in [-0.25, -0.2) is 0 Å². The summed E-state index contributed by atoms with van der Waals surface area (Å²) in [5.41, 5.74) is 1.20. The molecule has 0 radical (unpaired) electrons. The molecule has 35 heavy (non-hydrogen) atoms. The highest BCUT2D eigenvalue weighted by Crippen LogP contribution is 2.25. The van der Waals surface area contributed by atoms with Gasteiger partial charge in [0.05, 0.1) is 11.6 Å². The maximum atomic E-state index is 13.4. The zero-order valence-corrected chi connectivity index (χ0v) is 21.4. The molecule has 0 bridgehead atoms. The standard InChI is InChI=1S/C27H34ClN3O4/c1-5-17(4)24-27(34)29-21(13-18-9-7-6-8-10-18)26(33)30-22(16(2)3)15-35-23-14-19(28)11-12-20(23)25(32)31-24/h6-12,14,16-17,21-22,24H,5,13,15H2,1-4H3,(H,29,34)(H,30,33)(H,31,32)/t17-,21-,22-,24-/m0/s1. The van der Waals surface area contributed by atoms with Gasteiger partial charge >= 0.3 is 0 Å². The van der Waals surface area contributed by atoms with E-state index in [-0.39, 0.29) is 36.0 Å². The van der Waals surface area contributed by atoms with Crippen LogP contribution in [-0.2, 0) is 16.0 Å². The summed E-state index contributed by atoms with van der Waals surface area (Å²) in [6, 6.07) is 12.3. The van der Waals surface area contributed by atoms with E-state index in [2.05, 4.69) is 16.0 Å². The lowest BCUT2D eigenvalue weighted by atomic mass is 9.96. The molecule has 2 aromatic rings. The predicted molar refractivity (Wildman–Crippen MR) is 137 cm³/mol. The van der Waals surface area contributed by atoms with Crippen molar-refractivity contribution in [2.45, 2.75) is 58.7 Å². The molecule has 2 aromatic carbocycles. The zero-order valence-electron chi connectivity index (χ0n) is 20.6. The molecule has 8 heteroatoms. The lowest BCUT2D eigenvalue weighted by Gasteiger charge is -2.28. The molecule has 0 saturated heterocycles. The van der Waals surface area contributed by atoms with Crippen molar-refractivity contribution in [1.29, 1.82) is 0 Å². The van der Waals surface area contributed by atoms with Crippen molar-refractivity contribution in [2.75, 3.05) is 6.61 Å². The number of amides is 3. The molecule has 0 aromatic heterocycles. The number of halogens is 1. The molecule has 7 nitrogen and oxygen atoms in total. The smallest absolute Gasteiger partial charge is 0.255 e. The lowest BCUT2D eigenvalue weighted by molar-refractivity contribution is -0.131. The largest absolute Gasteiger partial charge is 0.491 e. The van der Waals surface area contributed by atoms with Crippen LogP contribution in [-0.4, -0.2) is 42.5 Å². The normalized spacial score (nSPS) is 22.3. The van der Waals surface area contributed by atoms with Crippen LogP contribution in [0.1, 0.15) is 50.0 Å². The lowest BCUT2D eigenvalue weighted by Crippen LogP contribution is -2.57. The first-order valence-electron chi connectivity index (χ1n) is 12.1. The fourth-order valence-electron chi connectivity index (χ4n) is 3.91. The summed E-state index contributed by atoms with van der Waals surface area (Å²) in [5, 5.41) is 9.23. The molecule has 0 fully saturated rings. The zero-order chi connectivity index (χ0) is 25.5. The third-order valence-corrected chi connectivity index (χ3v) is 6.67. The third kappa shape index (κ3) is 6.98. The number of nitrogens with one attached hydrogen (secondary N) is 3. The van der Waals surface area contributed by atoms with Crippen LogP contribution in [0.4, 0.5) is 0 Å². The highest BCUT2D eigenvalue weighted by atomic mass is 35.5. The maximum absolute atomic E-state index is 13.4. The monoisotopic (exact) mass is 499 g/mol. The summed E-state index contributed by atoms with van der Waals surface area (Å²) >= 11 is 6.17. The highest BCUT2D eigenvalue weighted by molar-refractivity contribution is 6.30. The Balaban J connectivity index is 2.01. The molecular weight excluding hydrogens is 466 g/mol. The third-order valence-electron chi connectivity index (χ3n) is 6.44. The summed E-state index contributed by atoms with van der Waals surface area (Å²) in [6.07, 6.45) is 0.981. The van der Waals surface area contributed by atoms with Gasteiger partial charge in [-0.15, -0.1) is 0 Å². The number of benzene rings is 2. The van der Waals surface area contributed by atoms with Crippen molar-refractivity contribution >= 4 is 29.3 Å². The molecule has 4 atom stereocenters. The van der Waals surface area contributed by atoms with Crippen LogP contribution >= 0.6 is 11.6 Å². The Morgan fingerprint density at radius 1 is 0.971 bits per heavy atom.